The molecule has 0 fully saturated rings. The maximum absolute atomic E-state index is 6.67. The number of fused-ring (bicyclic) bond motifs is 9. The average Bonchev–Trinajstić information content (AvgIpc) is 3.88. The van der Waals surface area contributed by atoms with Crippen molar-refractivity contribution in [3.8, 4) is 0 Å². The molecule has 0 bridgehead atoms. The molecule has 5 heteroatoms. The van der Waals surface area contributed by atoms with Gasteiger partial charge < -0.3 is 8.83 Å². The molecule has 3 aromatic carbocycles. The molecule has 3 aromatic heterocycles. The highest BCUT2D eigenvalue weighted by atomic mass is 32.2. The summed E-state index contributed by atoms with van der Waals surface area (Å²) in [6, 6.07) is 22.3. The van der Waals surface area contributed by atoms with Crippen LogP contribution in [0.1, 0.15) is 89.9 Å². The van der Waals surface area contributed by atoms with Gasteiger partial charge in [0.25, 0.3) is 0 Å². The number of hydrogen-bond acceptors (Lipinski definition) is 5. The highest BCUT2D eigenvalue weighted by Crippen LogP contribution is 2.55. The molecule has 0 saturated heterocycles. The van der Waals surface area contributed by atoms with Crippen LogP contribution in [0.3, 0.4) is 0 Å². The average molecular weight is 681 g/mol. The Labute approximate surface area is 301 Å². The maximum atomic E-state index is 6.67. The maximum Gasteiger partial charge on any atom is 0.231 e. The molecule has 248 valence electrons. The minimum absolute atomic E-state index is 0.240. The molecule has 4 nitrogen and oxygen atoms in total. The van der Waals surface area contributed by atoms with Crippen molar-refractivity contribution < 1.29 is 8.83 Å². The SMILES string of the molecule is C1=CCC(c2ccc3c(c2)oc2nc(C4=CCCC=C4)nc(C4CCC=C5c6cc(C7=Cc8c(oc9ccccc89)CC7)ccc6SC54)c23)C=C1. The van der Waals surface area contributed by atoms with Crippen LogP contribution >= 0.6 is 11.8 Å². The van der Waals surface area contributed by atoms with Gasteiger partial charge in [-0.2, -0.15) is 4.98 Å². The summed E-state index contributed by atoms with van der Waals surface area (Å²) in [4.78, 5) is 11.9. The van der Waals surface area contributed by atoms with Crippen LogP contribution in [-0.2, 0) is 6.42 Å². The Morgan fingerprint density at radius 2 is 1.78 bits per heavy atom. The molecule has 1 aliphatic heterocycles. The molecule has 0 N–H and O–H groups in total. The normalized spacial score (nSPS) is 22.2. The highest BCUT2D eigenvalue weighted by molar-refractivity contribution is 8.01. The molecule has 11 rings (SSSR count). The molecule has 3 atom stereocenters. The van der Waals surface area contributed by atoms with Gasteiger partial charge in [0.05, 0.1) is 11.1 Å². The van der Waals surface area contributed by atoms with E-state index in [4.69, 9.17) is 18.8 Å². The molecule has 4 heterocycles. The van der Waals surface area contributed by atoms with Crippen LogP contribution in [0.4, 0.5) is 0 Å². The van der Waals surface area contributed by atoms with Crippen LogP contribution < -0.4 is 0 Å². The van der Waals surface area contributed by atoms with E-state index in [1.54, 1.807) is 0 Å². The van der Waals surface area contributed by atoms with Gasteiger partial charge in [0.1, 0.15) is 16.9 Å². The molecule has 0 amide bonds. The Kier molecular flexibility index (Phi) is 6.79. The minimum Gasteiger partial charge on any atom is -0.460 e. The van der Waals surface area contributed by atoms with Gasteiger partial charge in [-0.3, -0.25) is 0 Å². The summed E-state index contributed by atoms with van der Waals surface area (Å²) in [5.74, 6) is 2.49. The lowest BCUT2D eigenvalue weighted by Gasteiger charge is -2.28. The Balaban J connectivity index is 0.999. The van der Waals surface area contributed by atoms with E-state index >= 15 is 0 Å². The predicted molar refractivity (Wildman–Crippen MR) is 210 cm³/mol. The van der Waals surface area contributed by atoms with Gasteiger partial charge in [-0.05, 0) is 96.7 Å². The summed E-state index contributed by atoms with van der Waals surface area (Å²) < 4.78 is 12.9. The standard InChI is InChI=1S/C46H36N2O2S/c1-3-10-27(11-4-1)31-18-21-34-40(26-31)50-46-42(34)43(47-45(48-46)28-12-5-2-6-13-28)35-16-9-15-33-37-25-30(20-23-41(37)51-44(33)35)29-19-22-39-36(24-29)32-14-7-8-17-38(32)49-39/h1,3-5,7-8,10,12-15,17-18,20-21,23-27,35,44H,2,6,9,11,16,19,22H2. The van der Waals surface area contributed by atoms with Crippen molar-refractivity contribution >= 4 is 67.6 Å². The van der Waals surface area contributed by atoms with Crippen LogP contribution in [0, 0.1) is 0 Å². The lowest BCUT2D eigenvalue weighted by Crippen LogP contribution is -2.20. The van der Waals surface area contributed by atoms with E-state index in [1.807, 2.05) is 11.8 Å². The Morgan fingerprint density at radius 1 is 0.804 bits per heavy atom. The first-order valence-electron chi connectivity index (χ1n) is 18.4. The van der Waals surface area contributed by atoms with E-state index in [-0.39, 0.29) is 5.92 Å². The van der Waals surface area contributed by atoms with Crippen molar-refractivity contribution in [1.82, 2.24) is 9.97 Å². The van der Waals surface area contributed by atoms with Crippen molar-refractivity contribution in [2.75, 3.05) is 0 Å². The Hall–Kier alpha value is -5.13. The zero-order valence-electron chi connectivity index (χ0n) is 28.3. The largest absolute Gasteiger partial charge is 0.460 e. The van der Waals surface area contributed by atoms with E-state index in [0.29, 0.717) is 16.9 Å². The fourth-order valence-corrected chi connectivity index (χ4v) is 10.4. The first-order valence-corrected chi connectivity index (χ1v) is 19.3. The predicted octanol–water partition coefficient (Wildman–Crippen LogP) is 12.4. The Bertz CT molecular complexity index is 2620. The number of thioether (sulfide) groups is 1. The van der Waals surface area contributed by atoms with E-state index in [0.717, 1.165) is 89.7 Å². The van der Waals surface area contributed by atoms with Crippen LogP contribution in [0.2, 0.25) is 0 Å². The molecule has 0 spiro atoms. The van der Waals surface area contributed by atoms with Crippen LogP contribution in [0.15, 0.2) is 123 Å². The molecule has 5 aliphatic rings. The number of rotatable bonds is 4. The van der Waals surface area contributed by atoms with E-state index in [9.17, 15) is 0 Å². The third-order valence-corrected chi connectivity index (χ3v) is 12.9. The number of furan rings is 2. The number of nitrogens with zero attached hydrogens (tertiary/aromatic N) is 2. The van der Waals surface area contributed by atoms with Gasteiger partial charge in [-0.15, -0.1) is 11.8 Å². The topological polar surface area (TPSA) is 52.1 Å². The second kappa shape index (κ2) is 11.7. The van der Waals surface area contributed by atoms with Crippen LogP contribution in [0.5, 0.6) is 0 Å². The molecule has 51 heavy (non-hydrogen) atoms. The first-order chi connectivity index (χ1) is 25.2. The smallest absolute Gasteiger partial charge is 0.231 e. The molecule has 3 unspecified atom stereocenters. The van der Waals surface area contributed by atoms with Crippen molar-refractivity contribution in [1.29, 1.82) is 0 Å². The fraction of sp³-hybridized carbons (Fsp3) is 0.217. The van der Waals surface area contributed by atoms with Gasteiger partial charge in [0.2, 0.25) is 5.71 Å². The van der Waals surface area contributed by atoms with Crippen LogP contribution in [0.25, 0.3) is 55.8 Å². The monoisotopic (exact) mass is 680 g/mol. The third kappa shape index (κ3) is 4.81. The number of aromatic nitrogens is 2. The summed E-state index contributed by atoms with van der Waals surface area (Å²) in [5.41, 5.74) is 12.9. The molecule has 0 saturated carbocycles. The quantitative estimate of drug-likeness (QED) is 0.185. The lowest BCUT2D eigenvalue weighted by atomic mass is 9.81. The molecule has 0 radical (unpaired) electrons. The van der Waals surface area contributed by atoms with E-state index in [2.05, 4.69) is 115 Å². The third-order valence-electron chi connectivity index (χ3n) is 11.5. The van der Waals surface area contributed by atoms with Gasteiger partial charge in [0.15, 0.2) is 5.82 Å². The molecular formula is C46H36N2O2S. The number of para-hydroxylation sites is 1. The molecule has 4 aliphatic carbocycles. The summed E-state index contributed by atoms with van der Waals surface area (Å²) >= 11 is 2.01. The number of aryl methyl sites for hydroxylation is 1. The van der Waals surface area contributed by atoms with Gasteiger partial charge in [-0.25, -0.2) is 4.98 Å². The lowest BCUT2D eigenvalue weighted by molar-refractivity contribution is 0.548. The zero-order chi connectivity index (χ0) is 33.5. The molecule has 6 aromatic rings. The number of allylic oxidation sites excluding steroid dienone is 10. The number of hydrogen-bond donors (Lipinski definition) is 0. The zero-order valence-corrected chi connectivity index (χ0v) is 29.1. The van der Waals surface area contributed by atoms with Crippen LogP contribution in [-0.4, -0.2) is 15.2 Å². The van der Waals surface area contributed by atoms with Gasteiger partial charge in [0, 0.05) is 50.3 Å². The van der Waals surface area contributed by atoms with Crippen molar-refractivity contribution in [3.05, 3.63) is 149 Å². The van der Waals surface area contributed by atoms with E-state index < -0.39 is 0 Å². The van der Waals surface area contributed by atoms with Crippen molar-refractivity contribution in [3.63, 3.8) is 0 Å². The second-order valence-corrected chi connectivity index (χ2v) is 15.6. The van der Waals surface area contributed by atoms with Gasteiger partial charge >= 0.3 is 0 Å². The second-order valence-electron chi connectivity index (χ2n) is 14.5. The highest BCUT2D eigenvalue weighted by Gasteiger charge is 2.39. The summed E-state index contributed by atoms with van der Waals surface area (Å²) in [6.45, 7) is 0. The first kappa shape index (κ1) is 29.6. The molecular weight excluding hydrogens is 645 g/mol. The summed E-state index contributed by atoms with van der Waals surface area (Å²) in [6.07, 6.45) is 27.4. The number of benzene rings is 3. The summed E-state index contributed by atoms with van der Waals surface area (Å²) in [5, 5.41) is 3.70. The fourth-order valence-electron chi connectivity index (χ4n) is 8.92. The minimum atomic E-state index is 0.240. The van der Waals surface area contributed by atoms with E-state index in [1.165, 1.54) is 43.7 Å². The summed E-state index contributed by atoms with van der Waals surface area (Å²) in [7, 11) is 0. The van der Waals surface area contributed by atoms with Gasteiger partial charge in [-0.1, -0.05) is 85.0 Å². The Morgan fingerprint density at radius 3 is 2.71 bits per heavy atom. The van der Waals surface area contributed by atoms with Crippen molar-refractivity contribution in [2.24, 2.45) is 0 Å². The van der Waals surface area contributed by atoms with Crippen molar-refractivity contribution in [2.45, 2.75) is 66.9 Å².